The second kappa shape index (κ2) is 10.9. The number of nitrogens with zero attached hydrogens (tertiary/aromatic N) is 2. The predicted octanol–water partition coefficient (Wildman–Crippen LogP) is 3.86. The number of hydrazone groups is 1. The van der Waals surface area contributed by atoms with E-state index >= 15 is 0 Å². The van der Waals surface area contributed by atoms with Crippen LogP contribution in [0.3, 0.4) is 0 Å². The third kappa shape index (κ3) is 5.55. The highest BCUT2D eigenvalue weighted by atomic mass is 35.5. The molecule has 188 valence electrons. The van der Waals surface area contributed by atoms with Gasteiger partial charge in [0.05, 0.1) is 23.4 Å². The molecule has 4 rings (SSSR count). The molecule has 3 aromatic carbocycles. The number of ether oxygens (including phenoxy) is 3. The van der Waals surface area contributed by atoms with E-state index in [2.05, 4.69) is 10.5 Å². The van der Waals surface area contributed by atoms with E-state index in [4.69, 9.17) is 25.8 Å². The molecule has 0 unspecified atom stereocenters. The zero-order chi connectivity index (χ0) is 25.7. The van der Waals surface area contributed by atoms with Gasteiger partial charge >= 0.3 is 0 Å². The van der Waals surface area contributed by atoms with Gasteiger partial charge in [-0.3, -0.25) is 9.10 Å². The molecular formula is C25H24ClN3O6S. The van der Waals surface area contributed by atoms with Crippen molar-refractivity contribution in [2.75, 3.05) is 31.2 Å². The van der Waals surface area contributed by atoms with Crippen LogP contribution in [0.1, 0.15) is 12.5 Å². The van der Waals surface area contributed by atoms with E-state index in [0.29, 0.717) is 36.0 Å². The highest BCUT2D eigenvalue weighted by Crippen LogP contribution is 2.35. The predicted molar refractivity (Wildman–Crippen MR) is 137 cm³/mol. The van der Waals surface area contributed by atoms with Gasteiger partial charge in [0.25, 0.3) is 15.9 Å². The van der Waals surface area contributed by atoms with E-state index in [1.54, 1.807) is 49.4 Å². The maximum absolute atomic E-state index is 13.5. The largest absolute Gasteiger partial charge is 0.495 e. The molecular weight excluding hydrogens is 506 g/mol. The molecule has 9 nitrogen and oxygen atoms in total. The van der Waals surface area contributed by atoms with Gasteiger partial charge < -0.3 is 14.2 Å². The Kier molecular flexibility index (Phi) is 7.66. The van der Waals surface area contributed by atoms with E-state index in [-0.39, 0.29) is 21.4 Å². The topological polar surface area (TPSA) is 107 Å². The minimum atomic E-state index is -4.14. The summed E-state index contributed by atoms with van der Waals surface area (Å²) in [6.07, 6.45) is 0. The minimum absolute atomic E-state index is 0.00999. The third-order valence-electron chi connectivity index (χ3n) is 5.34. The summed E-state index contributed by atoms with van der Waals surface area (Å²) in [5.41, 5.74) is 3.77. The number of nitrogens with one attached hydrogen (secondary N) is 1. The SMILES string of the molecule is COc1ccc(Cl)cc1N(CC(=O)N/N=C(/C)c1ccc2c(c1)OCCO2)S(=O)(=O)c1ccccc1. The molecule has 0 spiro atoms. The molecule has 1 heterocycles. The van der Waals surface area contributed by atoms with Gasteiger partial charge in [-0.2, -0.15) is 5.10 Å². The fourth-order valence-corrected chi connectivity index (χ4v) is 5.13. The maximum Gasteiger partial charge on any atom is 0.264 e. The normalized spacial score (nSPS) is 13.1. The Hall–Kier alpha value is -3.76. The first-order valence-corrected chi connectivity index (χ1v) is 12.8. The van der Waals surface area contributed by atoms with Crippen LogP contribution in [-0.2, 0) is 14.8 Å². The number of rotatable bonds is 8. The fourth-order valence-electron chi connectivity index (χ4n) is 3.52. The van der Waals surface area contributed by atoms with Crippen LogP contribution in [0.25, 0.3) is 0 Å². The Bertz CT molecular complexity index is 1400. The van der Waals surface area contributed by atoms with Crippen LogP contribution in [0, 0.1) is 0 Å². The number of methoxy groups -OCH3 is 1. The highest BCUT2D eigenvalue weighted by Gasteiger charge is 2.29. The molecule has 0 saturated heterocycles. The first-order valence-electron chi connectivity index (χ1n) is 10.9. The zero-order valence-electron chi connectivity index (χ0n) is 19.6. The van der Waals surface area contributed by atoms with Crippen molar-refractivity contribution in [1.82, 2.24) is 5.43 Å². The molecule has 0 radical (unpaired) electrons. The Balaban J connectivity index is 1.60. The minimum Gasteiger partial charge on any atom is -0.495 e. The number of carbonyl (C=O) groups is 1. The van der Waals surface area contributed by atoms with Gasteiger partial charge in [-0.05, 0) is 55.5 Å². The van der Waals surface area contributed by atoms with Crippen LogP contribution in [0.15, 0.2) is 76.7 Å². The van der Waals surface area contributed by atoms with Gasteiger partial charge in [0.1, 0.15) is 25.5 Å². The molecule has 1 aliphatic rings. The van der Waals surface area contributed by atoms with Crippen LogP contribution in [0.5, 0.6) is 17.2 Å². The van der Waals surface area contributed by atoms with Gasteiger partial charge in [-0.1, -0.05) is 29.8 Å². The smallest absolute Gasteiger partial charge is 0.264 e. The number of amides is 1. The lowest BCUT2D eigenvalue weighted by molar-refractivity contribution is -0.119. The Morgan fingerprint density at radius 2 is 1.78 bits per heavy atom. The van der Waals surface area contributed by atoms with Crippen LogP contribution in [0.4, 0.5) is 5.69 Å². The number of halogens is 1. The summed E-state index contributed by atoms with van der Waals surface area (Å²) in [7, 11) is -2.74. The molecule has 0 saturated carbocycles. The molecule has 0 bridgehead atoms. The van der Waals surface area contributed by atoms with Crippen molar-refractivity contribution in [3.05, 3.63) is 77.3 Å². The molecule has 1 aliphatic heterocycles. The molecule has 1 N–H and O–H groups in total. The highest BCUT2D eigenvalue weighted by molar-refractivity contribution is 7.92. The number of benzene rings is 3. The molecule has 1 amide bonds. The monoisotopic (exact) mass is 529 g/mol. The summed E-state index contributed by atoms with van der Waals surface area (Å²) < 4.78 is 44.5. The summed E-state index contributed by atoms with van der Waals surface area (Å²) in [6, 6.07) is 17.6. The van der Waals surface area contributed by atoms with Gasteiger partial charge in [0, 0.05) is 10.6 Å². The summed E-state index contributed by atoms with van der Waals surface area (Å²) in [5, 5.41) is 4.43. The first kappa shape index (κ1) is 25.3. The zero-order valence-corrected chi connectivity index (χ0v) is 21.2. The molecule has 0 aromatic heterocycles. The number of fused-ring (bicyclic) bond motifs is 1. The lowest BCUT2D eigenvalue weighted by atomic mass is 10.1. The maximum atomic E-state index is 13.5. The molecule has 11 heteroatoms. The Morgan fingerprint density at radius 3 is 2.50 bits per heavy atom. The molecule has 0 aliphatic carbocycles. The number of carbonyl (C=O) groups excluding carboxylic acids is 1. The lowest BCUT2D eigenvalue weighted by Gasteiger charge is -2.25. The van der Waals surface area contributed by atoms with Crippen molar-refractivity contribution >= 4 is 38.9 Å². The van der Waals surface area contributed by atoms with E-state index < -0.39 is 22.5 Å². The van der Waals surface area contributed by atoms with Crippen LogP contribution >= 0.6 is 11.6 Å². The van der Waals surface area contributed by atoms with Crippen molar-refractivity contribution in [2.24, 2.45) is 5.10 Å². The van der Waals surface area contributed by atoms with Gasteiger partial charge in [-0.15, -0.1) is 0 Å². The van der Waals surface area contributed by atoms with E-state index in [1.165, 1.54) is 31.4 Å². The van der Waals surface area contributed by atoms with Gasteiger partial charge in [0.2, 0.25) is 0 Å². The fraction of sp³-hybridized carbons (Fsp3) is 0.200. The third-order valence-corrected chi connectivity index (χ3v) is 7.35. The van der Waals surface area contributed by atoms with E-state index in [0.717, 1.165) is 4.31 Å². The number of hydrogen-bond acceptors (Lipinski definition) is 7. The number of sulfonamides is 1. The lowest BCUT2D eigenvalue weighted by Crippen LogP contribution is -2.40. The molecule has 0 atom stereocenters. The standard InChI is InChI=1S/C25H24ClN3O6S/c1-17(18-8-10-23-24(14-18)35-13-12-34-23)27-28-25(30)16-29(21-15-19(26)9-11-22(21)33-2)36(31,32)20-6-4-3-5-7-20/h3-11,14-15H,12-13,16H2,1-2H3,(H,28,30)/b27-17-. The van der Waals surface area contributed by atoms with Crippen molar-refractivity contribution < 1.29 is 27.4 Å². The Morgan fingerprint density at radius 1 is 1.06 bits per heavy atom. The van der Waals surface area contributed by atoms with Gasteiger partial charge in [-0.25, -0.2) is 13.8 Å². The van der Waals surface area contributed by atoms with Crippen LogP contribution in [-0.4, -0.2) is 46.9 Å². The molecule has 0 fully saturated rings. The molecule has 36 heavy (non-hydrogen) atoms. The quantitative estimate of drug-likeness (QED) is 0.351. The summed E-state index contributed by atoms with van der Waals surface area (Å²) >= 11 is 6.15. The number of anilines is 1. The molecule has 3 aromatic rings. The van der Waals surface area contributed by atoms with Crippen molar-refractivity contribution in [2.45, 2.75) is 11.8 Å². The summed E-state index contributed by atoms with van der Waals surface area (Å²) in [6.45, 7) is 2.08. The van der Waals surface area contributed by atoms with Crippen molar-refractivity contribution in [3.8, 4) is 17.2 Å². The second-order valence-electron chi connectivity index (χ2n) is 7.73. The van der Waals surface area contributed by atoms with E-state index in [1.807, 2.05) is 0 Å². The van der Waals surface area contributed by atoms with Crippen molar-refractivity contribution in [3.63, 3.8) is 0 Å². The first-order chi connectivity index (χ1) is 17.3. The average molecular weight is 530 g/mol. The summed E-state index contributed by atoms with van der Waals surface area (Å²) in [4.78, 5) is 12.9. The summed E-state index contributed by atoms with van der Waals surface area (Å²) in [5.74, 6) is 0.808. The van der Waals surface area contributed by atoms with Crippen molar-refractivity contribution in [1.29, 1.82) is 0 Å². The Labute approximate surface area is 214 Å². The van der Waals surface area contributed by atoms with Crippen LogP contribution in [0.2, 0.25) is 5.02 Å². The van der Waals surface area contributed by atoms with Crippen LogP contribution < -0.4 is 23.9 Å². The number of hydrogen-bond donors (Lipinski definition) is 1. The second-order valence-corrected chi connectivity index (χ2v) is 10.0. The van der Waals surface area contributed by atoms with Gasteiger partial charge in [0.15, 0.2) is 11.5 Å². The average Bonchev–Trinajstić information content (AvgIpc) is 2.90. The van der Waals surface area contributed by atoms with E-state index in [9.17, 15) is 13.2 Å².